The van der Waals surface area contributed by atoms with Gasteiger partial charge in [0, 0.05) is 17.6 Å². The standard InChI is InChI=1S/C20H19Cl2N5O5S2/c1-13-10-11-23-20(24-13)26-34(31,32)15-8-6-14(7-9-15)25-18(28)12-27(33(2,29)30)17-5-3-4-16(21)19(17)22/h3-11H,12H2,1-2H3,(H,25,28)(H,23,24,26). The van der Waals surface area contributed by atoms with Crippen molar-refractivity contribution < 1.29 is 21.6 Å². The van der Waals surface area contributed by atoms with Crippen molar-refractivity contribution in [3.63, 3.8) is 0 Å². The van der Waals surface area contributed by atoms with E-state index in [1.54, 1.807) is 13.0 Å². The van der Waals surface area contributed by atoms with Crippen LogP contribution < -0.4 is 14.3 Å². The Labute approximate surface area is 207 Å². The first-order valence-electron chi connectivity index (χ1n) is 9.51. The van der Waals surface area contributed by atoms with Crippen LogP contribution in [-0.4, -0.2) is 45.5 Å². The number of nitrogens with one attached hydrogen (secondary N) is 2. The predicted octanol–water partition coefficient (Wildman–Crippen LogP) is 3.30. The van der Waals surface area contributed by atoms with E-state index >= 15 is 0 Å². The molecule has 0 spiro atoms. The van der Waals surface area contributed by atoms with Gasteiger partial charge in [-0.2, -0.15) is 0 Å². The Kier molecular flexibility index (Phi) is 7.66. The van der Waals surface area contributed by atoms with Crippen LogP contribution in [0.5, 0.6) is 0 Å². The third-order valence-electron chi connectivity index (χ3n) is 4.36. The Balaban J connectivity index is 1.74. The fourth-order valence-corrected chi connectivity index (χ4v) is 5.05. The number of hydrogen-bond acceptors (Lipinski definition) is 7. The highest BCUT2D eigenvalue weighted by atomic mass is 35.5. The second-order valence-electron chi connectivity index (χ2n) is 7.04. The SMILES string of the molecule is Cc1ccnc(NS(=O)(=O)c2ccc(NC(=O)CN(c3cccc(Cl)c3Cl)S(C)(=O)=O)cc2)n1. The first-order chi connectivity index (χ1) is 15.9. The summed E-state index contributed by atoms with van der Waals surface area (Å²) in [5.41, 5.74) is 0.895. The van der Waals surface area contributed by atoms with E-state index in [4.69, 9.17) is 23.2 Å². The van der Waals surface area contributed by atoms with Gasteiger partial charge >= 0.3 is 0 Å². The van der Waals surface area contributed by atoms with Crippen LogP contribution in [-0.2, 0) is 24.8 Å². The predicted molar refractivity (Wildman–Crippen MR) is 131 cm³/mol. The molecular formula is C20H19Cl2N5O5S2. The summed E-state index contributed by atoms with van der Waals surface area (Å²) in [6, 6.07) is 11.3. The number of halogens is 2. The summed E-state index contributed by atoms with van der Waals surface area (Å²) >= 11 is 12.1. The highest BCUT2D eigenvalue weighted by molar-refractivity contribution is 7.92. The van der Waals surface area contributed by atoms with Gasteiger partial charge in [-0.3, -0.25) is 9.10 Å². The van der Waals surface area contributed by atoms with E-state index in [-0.39, 0.29) is 32.3 Å². The molecule has 2 N–H and O–H groups in total. The molecule has 3 rings (SSSR count). The molecule has 14 heteroatoms. The zero-order valence-corrected chi connectivity index (χ0v) is 21.0. The molecule has 1 amide bonds. The number of amides is 1. The molecule has 0 atom stereocenters. The number of aromatic nitrogens is 2. The lowest BCUT2D eigenvalue weighted by atomic mass is 10.3. The number of rotatable bonds is 8. The molecule has 0 saturated carbocycles. The number of carbonyl (C=O) groups excluding carboxylic acids is 1. The van der Waals surface area contributed by atoms with E-state index < -0.39 is 32.5 Å². The number of sulfonamides is 2. The zero-order chi connectivity index (χ0) is 25.1. The Morgan fingerprint density at radius 3 is 2.32 bits per heavy atom. The lowest BCUT2D eigenvalue weighted by Gasteiger charge is -2.23. The number of carbonyl (C=O) groups is 1. The molecule has 0 aliphatic carbocycles. The van der Waals surface area contributed by atoms with Gasteiger partial charge in [-0.05, 0) is 49.4 Å². The molecule has 1 heterocycles. The molecule has 180 valence electrons. The second kappa shape index (κ2) is 10.1. The van der Waals surface area contributed by atoms with Crippen molar-refractivity contribution in [2.75, 3.05) is 27.1 Å². The van der Waals surface area contributed by atoms with Crippen LogP contribution in [0.1, 0.15) is 5.69 Å². The molecule has 0 aliphatic heterocycles. The van der Waals surface area contributed by atoms with Crippen molar-refractivity contribution in [1.82, 2.24) is 9.97 Å². The van der Waals surface area contributed by atoms with Crippen molar-refractivity contribution in [1.29, 1.82) is 0 Å². The van der Waals surface area contributed by atoms with E-state index in [9.17, 15) is 21.6 Å². The van der Waals surface area contributed by atoms with Crippen LogP contribution >= 0.6 is 23.2 Å². The average molecular weight is 544 g/mol. The average Bonchev–Trinajstić information content (AvgIpc) is 2.73. The van der Waals surface area contributed by atoms with E-state index in [0.29, 0.717) is 5.69 Å². The Morgan fingerprint density at radius 2 is 1.71 bits per heavy atom. The largest absolute Gasteiger partial charge is 0.325 e. The minimum Gasteiger partial charge on any atom is -0.325 e. The van der Waals surface area contributed by atoms with Gasteiger partial charge in [0.2, 0.25) is 21.9 Å². The molecule has 0 fully saturated rings. The monoisotopic (exact) mass is 543 g/mol. The maximum absolute atomic E-state index is 12.6. The Bertz CT molecular complexity index is 1430. The van der Waals surface area contributed by atoms with Crippen molar-refractivity contribution in [3.05, 3.63) is 70.5 Å². The summed E-state index contributed by atoms with van der Waals surface area (Å²) in [5.74, 6) is -0.749. The van der Waals surface area contributed by atoms with E-state index in [1.165, 1.54) is 48.7 Å². The van der Waals surface area contributed by atoms with Gasteiger partial charge in [0.15, 0.2) is 0 Å². The van der Waals surface area contributed by atoms with Gasteiger partial charge in [-0.25, -0.2) is 31.5 Å². The smallest absolute Gasteiger partial charge is 0.264 e. The van der Waals surface area contributed by atoms with Crippen LogP contribution in [0.15, 0.2) is 59.6 Å². The zero-order valence-electron chi connectivity index (χ0n) is 17.9. The topological polar surface area (TPSA) is 138 Å². The third kappa shape index (κ3) is 6.35. The van der Waals surface area contributed by atoms with E-state index in [1.807, 2.05) is 0 Å². The minimum atomic E-state index is -3.96. The molecule has 34 heavy (non-hydrogen) atoms. The van der Waals surface area contributed by atoms with Crippen LogP contribution in [0.3, 0.4) is 0 Å². The Hall–Kier alpha value is -2.93. The quantitative estimate of drug-likeness (QED) is 0.444. The molecule has 0 unspecified atom stereocenters. The maximum atomic E-state index is 12.6. The van der Waals surface area contributed by atoms with Gasteiger partial charge in [0.05, 0.1) is 26.9 Å². The molecule has 0 aliphatic rings. The maximum Gasteiger partial charge on any atom is 0.264 e. The van der Waals surface area contributed by atoms with Crippen molar-refractivity contribution in [3.8, 4) is 0 Å². The molecule has 10 nitrogen and oxygen atoms in total. The molecule has 0 bridgehead atoms. The normalized spacial score (nSPS) is 11.6. The van der Waals surface area contributed by atoms with E-state index in [2.05, 4.69) is 20.0 Å². The van der Waals surface area contributed by atoms with Crippen molar-refractivity contribution >= 4 is 66.5 Å². The number of aryl methyl sites for hydroxylation is 1. The second-order valence-corrected chi connectivity index (χ2v) is 11.4. The summed E-state index contributed by atoms with van der Waals surface area (Å²) in [6.45, 7) is 1.12. The number of nitrogens with zero attached hydrogens (tertiary/aromatic N) is 3. The van der Waals surface area contributed by atoms with Crippen molar-refractivity contribution in [2.24, 2.45) is 0 Å². The number of anilines is 3. The summed E-state index contributed by atoms with van der Waals surface area (Å²) in [6.07, 6.45) is 2.36. The highest BCUT2D eigenvalue weighted by Crippen LogP contribution is 2.33. The first kappa shape index (κ1) is 25.7. The highest BCUT2D eigenvalue weighted by Gasteiger charge is 2.24. The Morgan fingerprint density at radius 1 is 1.03 bits per heavy atom. The van der Waals surface area contributed by atoms with Crippen LogP contribution in [0, 0.1) is 6.92 Å². The fourth-order valence-electron chi connectivity index (χ4n) is 2.79. The third-order valence-corrected chi connectivity index (χ3v) is 7.64. The lowest BCUT2D eigenvalue weighted by Crippen LogP contribution is -2.37. The first-order valence-corrected chi connectivity index (χ1v) is 13.6. The number of benzene rings is 2. The van der Waals surface area contributed by atoms with Crippen LogP contribution in [0.2, 0.25) is 10.0 Å². The molecule has 0 radical (unpaired) electrons. The van der Waals surface area contributed by atoms with Gasteiger partial charge < -0.3 is 5.32 Å². The summed E-state index contributed by atoms with van der Waals surface area (Å²) in [7, 11) is -7.83. The van der Waals surface area contributed by atoms with Gasteiger partial charge in [-0.1, -0.05) is 29.3 Å². The van der Waals surface area contributed by atoms with Gasteiger partial charge in [0.1, 0.15) is 6.54 Å². The fraction of sp³-hybridized carbons (Fsp3) is 0.150. The molecule has 3 aromatic rings. The summed E-state index contributed by atoms with van der Waals surface area (Å²) in [5, 5.41) is 2.65. The lowest BCUT2D eigenvalue weighted by molar-refractivity contribution is -0.114. The van der Waals surface area contributed by atoms with Crippen LogP contribution in [0.4, 0.5) is 17.3 Å². The van der Waals surface area contributed by atoms with Crippen molar-refractivity contribution in [2.45, 2.75) is 11.8 Å². The molecule has 2 aromatic carbocycles. The van der Waals surface area contributed by atoms with E-state index in [0.717, 1.165) is 10.6 Å². The molecular weight excluding hydrogens is 525 g/mol. The van der Waals surface area contributed by atoms with Gasteiger partial charge in [0.25, 0.3) is 10.0 Å². The molecule has 0 saturated heterocycles. The van der Waals surface area contributed by atoms with Gasteiger partial charge in [-0.15, -0.1) is 0 Å². The molecule has 1 aromatic heterocycles. The van der Waals surface area contributed by atoms with Crippen LogP contribution in [0.25, 0.3) is 0 Å². The number of hydrogen-bond donors (Lipinski definition) is 2. The summed E-state index contributed by atoms with van der Waals surface area (Å²) < 4.78 is 52.7. The summed E-state index contributed by atoms with van der Waals surface area (Å²) in [4.78, 5) is 20.3. The minimum absolute atomic E-state index is 0.0120.